The van der Waals surface area contributed by atoms with Gasteiger partial charge in [0, 0.05) is 5.41 Å². The molecule has 1 aromatic carbocycles. The van der Waals surface area contributed by atoms with E-state index in [1.165, 1.54) is 0 Å². The number of carbonyl (C=O) groups excluding carboxylic acids is 1. The third kappa shape index (κ3) is 2.64. The molecule has 2 rings (SSSR count). The van der Waals surface area contributed by atoms with E-state index in [9.17, 15) is 4.79 Å². The highest BCUT2D eigenvalue weighted by Crippen LogP contribution is 2.29. The van der Waals surface area contributed by atoms with Crippen molar-refractivity contribution in [3.8, 4) is 5.75 Å². The van der Waals surface area contributed by atoms with E-state index in [1.807, 2.05) is 45.0 Å². The van der Waals surface area contributed by atoms with Crippen molar-refractivity contribution in [3.63, 3.8) is 0 Å². The molecule has 1 aliphatic rings. The lowest BCUT2D eigenvalue weighted by molar-refractivity contribution is -0.130. The van der Waals surface area contributed by atoms with Crippen LogP contribution in [0.2, 0.25) is 0 Å². The Balaban J connectivity index is 2.07. The first-order chi connectivity index (χ1) is 7.97. The number of rotatable bonds is 1. The number of nitrogens with one attached hydrogen (secondary N) is 1. The number of fused-ring (bicyclic) bond motifs is 1. The first-order valence-electron chi connectivity index (χ1n) is 5.58. The first-order valence-corrected chi connectivity index (χ1v) is 5.58. The predicted molar refractivity (Wildman–Crippen MR) is 66.6 cm³/mol. The molecule has 0 aliphatic carbocycles. The SMILES string of the molecule is CC(C)(C)C(=O)NC1C=Nc2ccccc2O1. The Kier molecular flexibility index (Phi) is 2.88. The number of aliphatic imine (C=N–C) groups is 1. The highest BCUT2D eigenvalue weighted by molar-refractivity contribution is 5.85. The fourth-order valence-electron chi connectivity index (χ4n) is 1.39. The number of para-hydroxylation sites is 2. The summed E-state index contributed by atoms with van der Waals surface area (Å²) in [6, 6.07) is 7.48. The Morgan fingerprint density at radius 1 is 1.35 bits per heavy atom. The monoisotopic (exact) mass is 232 g/mol. The van der Waals surface area contributed by atoms with Crippen LogP contribution in [0.15, 0.2) is 29.3 Å². The molecule has 4 heteroatoms. The molecular formula is C13H16N2O2. The minimum atomic E-state index is -0.489. The fourth-order valence-corrected chi connectivity index (χ4v) is 1.39. The molecule has 17 heavy (non-hydrogen) atoms. The van der Waals surface area contributed by atoms with Gasteiger partial charge in [0.25, 0.3) is 0 Å². The minimum Gasteiger partial charge on any atom is -0.463 e. The Morgan fingerprint density at radius 3 is 2.76 bits per heavy atom. The molecule has 0 fully saturated rings. The first kappa shape index (κ1) is 11.6. The van der Waals surface area contributed by atoms with Gasteiger partial charge in [0.2, 0.25) is 12.1 Å². The molecule has 0 spiro atoms. The van der Waals surface area contributed by atoms with Crippen LogP contribution >= 0.6 is 0 Å². The minimum absolute atomic E-state index is 0.0617. The second-order valence-corrected chi connectivity index (χ2v) is 5.01. The molecule has 1 aromatic rings. The van der Waals surface area contributed by atoms with E-state index in [0.717, 1.165) is 5.69 Å². The zero-order chi connectivity index (χ0) is 12.5. The Hall–Kier alpha value is -1.84. The number of hydrogen-bond acceptors (Lipinski definition) is 3. The van der Waals surface area contributed by atoms with Crippen LogP contribution < -0.4 is 10.1 Å². The van der Waals surface area contributed by atoms with Gasteiger partial charge in [-0.25, -0.2) is 0 Å². The summed E-state index contributed by atoms with van der Waals surface area (Å²) in [5, 5.41) is 2.79. The van der Waals surface area contributed by atoms with Crippen molar-refractivity contribution in [1.82, 2.24) is 5.32 Å². The predicted octanol–water partition coefficient (Wildman–Crippen LogP) is 2.27. The molecule has 1 heterocycles. The van der Waals surface area contributed by atoms with Crippen LogP contribution in [0, 0.1) is 5.41 Å². The van der Waals surface area contributed by atoms with Gasteiger partial charge in [-0.15, -0.1) is 0 Å². The summed E-state index contributed by atoms with van der Waals surface area (Å²) >= 11 is 0. The molecule has 1 atom stereocenters. The van der Waals surface area contributed by atoms with Crippen LogP contribution in [0.1, 0.15) is 20.8 Å². The molecule has 0 saturated carbocycles. The maximum atomic E-state index is 11.8. The summed E-state index contributed by atoms with van der Waals surface area (Å²) in [7, 11) is 0. The number of benzene rings is 1. The summed E-state index contributed by atoms with van der Waals surface area (Å²) in [5.74, 6) is 0.627. The van der Waals surface area contributed by atoms with Crippen LogP contribution in [-0.2, 0) is 4.79 Å². The second kappa shape index (κ2) is 4.20. The molecule has 1 N–H and O–H groups in total. The summed E-state index contributed by atoms with van der Waals surface area (Å²) < 4.78 is 5.62. The maximum absolute atomic E-state index is 11.8. The Labute approximate surface area is 101 Å². The normalized spacial score (nSPS) is 18.2. The van der Waals surface area contributed by atoms with Crippen molar-refractivity contribution in [2.75, 3.05) is 0 Å². The lowest BCUT2D eigenvalue weighted by atomic mass is 9.96. The van der Waals surface area contributed by atoms with Gasteiger partial charge in [0.05, 0.1) is 6.21 Å². The molecule has 90 valence electrons. The van der Waals surface area contributed by atoms with Crippen molar-refractivity contribution in [2.24, 2.45) is 10.4 Å². The maximum Gasteiger partial charge on any atom is 0.228 e. The van der Waals surface area contributed by atoms with Gasteiger partial charge in [0.1, 0.15) is 11.4 Å². The van der Waals surface area contributed by atoms with E-state index in [2.05, 4.69) is 10.3 Å². The van der Waals surface area contributed by atoms with Gasteiger partial charge in [-0.1, -0.05) is 32.9 Å². The molecule has 0 aromatic heterocycles. The van der Waals surface area contributed by atoms with Crippen LogP contribution in [-0.4, -0.2) is 18.3 Å². The summed E-state index contributed by atoms with van der Waals surface area (Å²) in [5.41, 5.74) is 0.350. The molecule has 0 saturated heterocycles. The molecule has 0 radical (unpaired) electrons. The Bertz CT molecular complexity index is 461. The molecular weight excluding hydrogens is 216 g/mol. The number of amides is 1. The van der Waals surface area contributed by atoms with E-state index in [4.69, 9.17) is 4.74 Å². The van der Waals surface area contributed by atoms with Gasteiger partial charge in [0.15, 0.2) is 0 Å². The van der Waals surface area contributed by atoms with E-state index >= 15 is 0 Å². The molecule has 0 bridgehead atoms. The second-order valence-electron chi connectivity index (χ2n) is 5.01. The summed E-state index contributed by atoms with van der Waals surface area (Å²) in [6.07, 6.45) is 1.11. The lowest BCUT2D eigenvalue weighted by Gasteiger charge is -2.25. The van der Waals surface area contributed by atoms with Crippen molar-refractivity contribution in [1.29, 1.82) is 0 Å². The van der Waals surface area contributed by atoms with Crippen LogP contribution in [0.3, 0.4) is 0 Å². The average molecular weight is 232 g/mol. The van der Waals surface area contributed by atoms with E-state index in [1.54, 1.807) is 6.21 Å². The van der Waals surface area contributed by atoms with Crippen LogP contribution in [0.4, 0.5) is 5.69 Å². The highest BCUT2D eigenvalue weighted by atomic mass is 16.5. The molecule has 4 nitrogen and oxygen atoms in total. The van der Waals surface area contributed by atoms with Crippen molar-refractivity contribution in [2.45, 2.75) is 27.0 Å². The van der Waals surface area contributed by atoms with E-state index < -0.39 is 11.6 Å². The number of carbonyl (C=O) groups is 1. The summed E-state index contributed by atoms with van der Waals surface area (Å²) in [4.78, 5) is 16.0. The smallest absolute Gasteiger partial charge is 0.228 e. The third-order valence-electron chi connectivity index (χ3n) is 2.42. The molecule has 1 unspecified atom stereocenters. The van der Waals surface area contributed by atoms with Gasteiger partial charge < -0.3 is 10.1 Å². The van der Waals surface area contributed by atoms with Crippen molar-refractivity contribution < 1.29 is 9.53 Å². The molecule has 1 amide bonds. The number of nitrogens with zero attached hydrogens (tertiary/aromatic N) is 1. The van der Waals surface area contributed by atoms with Crippen molar-refractivity contribution >= 4 is 17.8 Å². The van der Waals surface area contributed by atoms with Gasteiger partial charge in [-0.05, 0) is 12.1 Å². The standard InChI is InChI=1S/C13H16N2O2/c1-13(2,3)12(16)15-11-8-14-9-6-4-5-7-10(9)17-11/h4-8,11H,1-3H3,(H,15,16). The lowest BCUT2D eigenvalue weighted by Crippen LogP contribution is -2.46. The van der Waals surface area contributed by atoms with Crippen molar-refractivity contribution in [3.05, 3.63) is 24.3 Å². The van der Waals surface area contributed by atoms with Crippen LogP contribution in [0.25, 0.3) is 0 Å². The molecule has 1 aliphatic heterocycles. The average Bonchev–Trinajstić information content (AvgIpc) is 2.27. The van der Waals surface area contributed by atoms with Gasteiger partial charge in [-0.3, -0.25) is 9.79 Å². The Morgan fingerprint density at radius 2 is 2.06 bits per heavy atom. The van der Waals surface area contributed by atoms with Crippen LogP contribution in [0.5, 0.6) is 5.75 Å². The van der Waals surface area contributed by atoms with Gasteiger partial charge >= 0.3 is 0 Å². The van der Waals surface area contributed by atoms with E-state index in [-0.39, 0.29) is 5.91 Å². The number of ether oxygens (including phenoxy) is 1. The number of hydrogen-bond donors (Lipinski definition) is 1. The summed E-state index contributed by atoms with van der Waals surface area (Å²) in [6.45, 7) is 5.57. The van der Waals surface area contributed by atoms with E-state index in [0.29, 0.717) is 5.75 Å². The largest absolute Gasteiger partial charge is 0.463 e. The third-order valence-corrected chi connectivity index (χ3v) is 2.42. The topological polar surface area (TPSA) is 50.7 Å². The zero-order valence-electron chi connectivity index (χ0n) is 10.2. The highest BCUT2D eigenvalue weighted by Gasteiger charge is 2.25. The van der Waals surface area contributed by atoms with Gasteiger partial charge in [-0.2, -0.15) is 0 Å². The quantitative estimate of drug-likeness (QED) is 0.807. The zero-order valence-corrected chi connectivity index (χ0v) is 10.2. The fraction of sp³-hybridized carbons (Fsp3) is 0.385.